The highest BCUT2D eigenvalue weighted by Gasteiger charge is 1.89. The fourth-order valence-corrected chi connectivity index (χ4v) is 0.607. The zero-order valence-corrected chi connectivity index (χ0v) is 5.33. The molecule has 46 valence electrons. The van der Waals surface area contributed by atoms with Crippen LogP contribution in [0.3, 0.4) is 0 Å². The first-order valence-corrected chi connectivity index (χ1v) is 2.75. The molecule has 1 aromatic heterocycles. The van der Waals surface area contributed by atoms with Crippen LogP contribution < -0.4 is 0 Å². The Balaban J connectivity index is 3.15. The fourth-order valence-electron chi connectivity index (χ4n) is 0.607. The third kappa shape index (κ3) is 1.13. The summed E-state index contributed by atoms with van der Waals surface area (Å²) in [4.78, 5) is 0. The van der Waals surface area contributed by atoms with Crippen molar-refractivity contribution in [2.75, 3.05) is 0 Å². The normalized spacial score (nSPS) is 9.00. The van der Waals surface area contributed by atoms with Crippen LogP contribution in [0.15, 0.2) is 18.8 Å². The highest BCUT2D eigenvalue weighted by molar-refractivity contribution is 5.44. The van der Waals surface area contributed by atoms with E-state index in [0.29, 0.717) is 0 Å². The Bertz CT molecular complexity index is 218. The molecule has 0 aromatic carbocycles. The molecule has 0 bridgehead atoms. The van der Waals surface area contributed by atoms with E-state index in [-0.39, 0.29) is 0 Å². The van der Waals surface area contributed by atoms with Gasteiger partial charge in [0, 0.05) is 6.20 Å². The molecule has 2 nitrogen and oxygen atoms in total. The van der Waals surface area contributed by atoms with Crippen LogP contribution >= 0.6 is 0 Å². The van der Waals surface area contributed by atoms with Crippen molar-refractivity contribution in [1.82, 2.24) is 10.2 Å². The topological polar surface area (TPSA) is 25.8 Å². The summed E-state index contributed by atoms with van der Waals surface area (Å²) in [5.74, 6) is 0. The van der Waals surface area contributed by atoms with E-state index >= 15 is 0 Å². The molecule has 0 unspecified atom stereocenters. The molecule has 0 aliphatic rings. The molecule has 1 heterocycles. The van der Waals surface area contributed by atoms with E-state index in [1.165, 1.54) is 0 Å². The Morgan fingerprint density at radius 2 is 2.44 bits per heavy atom. The lowest BCUT2D eigenvalue weighted by molar-refractivity contribution is 1.00. The molecule has 0 saturated heterocycles. The lowest BCUT2D eigenvalue weighted by Gasteiger charge is -1.92. The molecule has 0 aliphatic heterocycles. The van der Waals surface area contributed by atoms with Gasteiger partial charge in [0.25, 0.3) is 0 Å². The second kappa shape index (κ2) is 2.40. The van der Waals surface area contributed by atoms with E-state index in [1.54, 1.807) is 12.3 Å². The minimum absolute atomic E-state index is 0.859. The summed E-state index contributed by atoms with van der Waals surface area (Å²) in [6.07, 6.45) is 3.37. The Morgan fingerprint density at radius 1 is 1.67 bits per heavy atom. The van der Waals surface area contributed by atoms with Gasteiger partial charge in [-0.3, -0.25) is 0 Å². The average Bonchev–Trinajstić information content (AvgIpc) is 1.89. The van der Waals surface area contributed by atoms with Gasteiger partial charge in [0.1, 0.15) is 0 Å². The molecule has 1 aromatic rings. The maximum atomic E-state index is 3.83. The van der Waals surface area contributed by atoms with Crippen LogP contribution in [-0.4, -0.2) is 10.2 Å². The first kappa shape index (κ1) is 5.95. The fraction of sp³-hybridized carbons (Fsp3) is 0.143. The molecule has 0 aliphatic carbocycles. The maximum Gasteiger partial charge on any atom is 0.0880 e. The van der Waals surface area contributed by atoms with Gasteiger partial charge >= 0.3 is 0 Å². The average molecular weight is 120 g/mol. The highest BCUT2D eigenvalue weighted by atomic mass is 15.1. The molecule has 0 atom stereocenters. The quantitative estimate of drug-likeness (QED) is 0.560. The molecule has 0 saturated carbocycles. The van der Waals surface area contributed by atoms with Crippen molar-refractivity contribution < 1.29 is 0 Å². The summed E-state index contributed by atoms with van der Waals surface area (Å²) < 4.78 is 0. The van der Waals surface area contributed by atoms with Crippen molar-refractivity contribution in [3.05, 3.63) is 30.1 Å². The SMILES string of the molecule is C=Cc1nnccc1C. The smallest absolute Gasteiger partial charge is 0.0880 e. The van der Waals surface area contributed by atoms with E-state index in [2.05, 4.69) is 16.8 Å². The Kier molecular flexibility index (Phi) is 1.58. The first-order chi connectivity index (χ1) is 4.34. The second-order valence-electron chi connectivity index (χ2n) is 1.80. The van der Waals surface area contributed by atoms with Crippen LogP contribution in [0, 0.1) is 6.92 Å². The van der Waals surface area contributed by atoms with Crippen LogP contribution in [0.1, 0.15) is 11.3 Å². The molecule has 9 heavy (non-hydrogen) atoms. The largest absolute Gasteiger partial charge is 0.159 e. The van der Waals surface area contributed by atoms with E-state index in [4.69, 9.17) is 0 Å². The minimum atomic E-state index is 0.859. The number of hydrogen-bond donors (Lipinski definition) is 0. The number of nitrogens with zero attached hydrogens (tertiary/aromatic N) is 2. The van der Waals surface area contributed by atoms with Gasteiger partial charge in [-0.05, 0) is 24.6 Å². The summed E-state index contributed by atoms with van der Waals surface area (Å²) in [5, 5.41) is 7.52. The van der Waals surface area contributed by atoms with Crippen molar-refractivity contribution in [2.45, 2.75) is 6.92 Å². The van der Waals surface area contributed by atoms with Crippen molar-refractivity contribution in [2.24, 2.45) is 0 Å². The molecule has 2 heteroatoms. The van der Waals surface area contributed by atoms with Gasteiger partial charge in [-0.2, -0.15) is 10.2 Å². The predicted molar refractivity (Wildman–Crippen MR) is 36.9 cm³/mol. The van der Waals surface area contributed by atoms with E-state index in [1.807, 2.05) is 13.0 Å². The van der Waals surface area contributed by atoms with E-state index in [9.17, 15) is 0 Å². The number of aryl methyl sites for hydroxylation is 1. The zero-order valence-electron chi connectivity index (χ0n) is 5.33. The molecular formula is C7H8N2. The molecule has 0 N–H and O–H groups in total. The third-order valence-corrected chi connectivity index (χ3v) is 1.15. The van der Waals surface area contributed by atoms with Crippen molar-refractivity contribution >= 4 is 6.08 Å². The van der Waals surface area contributed by atoms with Crippen LogP contribution in [0.2, 0.25) is 0 Å². The molecule has 1 rings (SSSR count). The standard InChI is InChI=1S/C7H8N2/c1-3-7-6(2)4-5-8-9-7/h3-5H,1H2,2H3. The number of hydrogen-bond acceptors (Lipinski definition) is 2. The van der Waals surface area contributed by atoms with Gasteiger partial charge in [0.2, 0.25) is 0 Å². The highest BCUT2D eigenvalue weighted by Crippen LogP contribution is 2.00. The van der Waals surface area contributed by atoms with Gasteiger partial charge < -0.3 is 0 Å². The van der Waals surface area contributed by atoms with E-state index < -0.39 is 0 Å². The predicted octanol–water partition coefficient (Wildman–Crippen LogP) is 1.43. The van der Waals surface area contributed by atoms with Gasteiger partial charge in [0.05, 0.1) is 5.69 Å². The van der Waals surface area contributed by atoms with Crippen LogP contribution in [0.5, 0.6) is 0 Å². The summed E-state index contributed by atoms with van der Waals surface area (Å²) in [5.41, 5.74) is 1.97. The van der Waals surface area contributed by atoms with Crippen LogP contribution in [0.25, 0.3) is 6.08 Å². The lowest BCUT2D eigenvalue weighted by Crippen LogP contribution is -1.87. The zero-order chi connectivity index (χ0) is 6.69. The van der Waals surface area contributed by atoms with Crippen LogP contribution in [-0.2, 0) is 0 Å². The Hall–Kier alpha value is -1.18. The minimum Gasteiger partial charge on any atom is -0.159 e. The summed E-state index contributed by atoms with van der Waals surface area (Å²) >= 11 is 0. The lowest BCUT2D eigenvalue weighted by atomic mass is 10.2. The van der Waals surface area contributed by atoms with E-state index in [0.717, 1.165) is 11.3 Å². The van der Waals surface area contributed by atoms with Gasteiger partial charge in [-0.1, -0.05) is 6.58 Å². The third-order valence-electron chi connectivity index (χ3n) is 1.15. The number of rotatable bonds is 1. The van der Waals surface area contributed by atoms with Crippen LogP contribution in [0.4, 0.5) is 0 Å². The monoisotopic (exact) mass is 120 g/mol. The summed E-state index contributed by atoms with van der Waals surface area (Å²) in [6.45, 7) is 5.57. The number of aromatic nitrogens is 2. The van der Waals surface area contributed by atoms with Gasteiger partial charge in [0.15, 0.2) is 0 Å². The first-order valence-electron chi connectivity index (χ1n) is 2.75. The van der Waals surface area contributed by atoms with Crippen molar-refractivity contribution in [1.29, 1.82) is 0 Å². The second-order valence-corrected chi connectivity index (χ2v) is 1.80. The maximum absolute atomic E-state index is 3.83. The molecule has 0 spiro atoms. The molecular weight excluding hydrogens is 112 g/mol. The molecule has 0 amide bonds. The van der Waals surface area contributed by atoms with Crippen molar-refractivity contribution in [3.63, 3.8) is 0 Å². The summed E-state index contributed by atoms with van der Waals surface area (Å²) in [7, 11) is 0. The summed E-state index contributed by atoms with van der Waals surface area (Å²) in [6, 6.07) is 1.91. The van der Waals surface area contributed by atoms with Crippen molar-refractivity contribution in [3.8, 4) is 0 Å². The Labute approximate surface area is 54.2 Å². The molecule has 0 radical (unpaired) electrons. The van der Waals surface area contributed by atoms with Gasteiger partial charge in [-0.15, -0.1) is 0 Å². The Morgan fingerprint density at radius 3 is 2.89 bits per heavy atom. The molecule has 0 fully saturated rings. The van der Waals surface area contributed by atoms with Gasteiger partial charge in [-0.25, -0.2) is 0 Å².